The third kappa shape index (κ3) is 2.04. The smallest absolute Gasteiger partial charge is 0.270 e. The molecule has 5 nitrogen and oxygen atoms in total. The van der Waals surface area contributed by atoms with E-state index in [1.807, 2.05) is 18.2 Å². The highest BCUT2D eigenvalue weighted by Crippen LogP contribution is 2.31. The monoisotopic (exact) mass is 255 g/mol. The van der Waals surface area contributed by atoms with Gasteiger partial charge in [0, 0.05) is 18.2 Å². The summed E-state index contributed by atoms with van der Waals surface area (Å²) in [6.07, 6.45) is 0. The zero-order valence-corrected chi connectivity index (χ0v) is 10.7. The highest BCUT2D eigenvalue weighted by molar-refractivity contribution is 5.77. The van der Waals surface area contributed by atoms with Gasteiger partial charge in [-0.2, -0.15) is 5.26 Å². The number of anilines is 1. The molecule has 96 valence electrons. The van der Waals surface area contributed by atoms with Crippen molar-refractivity contribution in [3.8, 4) is 22.9 Å². The number of rotatable bonds is 2. The lowest BCUT2D eigenvalue weighted by atomic mass is 10.0. The van der Waals surface area contributed by atoms with Crippen LogP contribution in [0, 0.1) is 11.3 Å². The number of nitrogens with two attached hydrogens (primary N) is 1. The van der Waals surface area contributed by atoms with Gasteiger partial charge < -0.3 is 10.5 Å². The Bertz CT molecular complexity index is 726. The van der Waals surface area contributed by atoms with E-state index < -0.39 is 5.56 Å². The lowest BCUT2D eigenvalue weighted by Crippen LogP contribution is -2.23. The van der Waals surface area contributed by atoms with Crippen molar-refractivity contribution in [2.75, 3.05) is 12.8 Å². The maximum atomic E-state index is 12.0. The summed E-state index contributed by atoms with van der Waals surface area (Å²) in [6, 6.07) is 10.7. The number of nitriles is 1. The van der Waals surface area contributed by atoms with E-state index in [2.05, 4.69) is 0 Å². The number of nitrogen functional groups attached to an aromatic ring is 1. The van der Waals surface area contributed by atoms with Gasteiger partial charge in [-0.05, 0) is 12.1 Å². The lowest BCUT2D eigenvalue weighted by molar-refractivity contribution is 0.416. The number of hydrogen-bond acceptors (Lipinski definition) is 4. The number of hydrogen-bond donors (Lipinski definition) is 1. The Labute approximate surface area is 110 Å². The highest BCUT2D eigenvalue weighted by atomic mass is 16.5. The molecular weight excluding hydrogens is 242 g/mol. The lowest BCUT2D eigenvalue weighted by Gasteiger charge is -2.12. The van der Waals surface area contributed by atoms with Crippen molar-refractivity contribution in [1.29, 1.82) is 5.26 Å². The van der Waals surface area contributed by atoms with Crippen molar-refractivity contribution in [3.05, 3.63) is 46.2 Å². The molecule has 0 unspecified atom stereocenters. The second-order valence-electron chi connectivity index (χ2n) is 4.03. The third-order valence-corrected chi connectivity index (χ3v) is 2.98. The van der Waals surface area contributed by atoms with Gasteiger partial charge in [-0.15, -0.1) is 0 Å². The highest BCUT2D eigenvalue weighted by Gasteiger charge is 2.15. The third-order valence-electron chi connectivity index (χ3n) is 2.98. The molecule has 0 aliphatic carbocycles. The number of ether oxygens (including phenoxy) is 1. The first kappa shape index (κ1) is 12.7. The van der Waals surface area contributed by atoms with E-state index in [4.69, 9.17) is 10.5 Å². The van der Waals surface area contributed by atoms with Crippen LogP contribution in [0.25, 0.3) is 11.1 Å². The molecule has 2 aromatic rings. The number of benzene rings is 1. The minimum absolute atomic E-state index is 0.0567. The second-order valence-corrected chi connectivity index (χ2v) is 4.03. The van der Waals surface area contributed by atoms with Gasteiger partial charge in [0.2, 0.25) is 0 Å². The Balaban J connectivity index is 2.84. The zero-order chi connectivity index (χ0) is 14.0. The van der Waals surface area contributed by atoms with Crippen molar-refractivity contribution < 1.29 is 4.74 Å². The molecule has 0 fully saturated rings. The van der Waals surface area contributed by atoms with E-state index in [1.54, 1.807) is 18.2 Å². The summed E-state index contributed by atoms with van der Waals surface area (Å²) in [6.45, 7) is 0. The first-order valence-corrected chi connectivity index (χ1v) is 5.63. The summed E-state index contributed by atoms with van der Waals surface area (Å²) in [5.74, 6) is 0.886. The topological polar surface area (TPSA) is 81.0 Å². The van der Waals surface area contributed by atoms with E-state index in [0.29, 0.717) is 22.7 Å². The second kappa shape index (κ2) is 4.86. The Morgan fingerprint density at radius 1 is 1.32 bits per heavy atom. The normalized spacial score (nSPS) is 9.95. The summed E-state index contributed by atoms with van der Waals surface area (Å²) in [5.41, 5.74) is 6.59. The van der Waals surface area contributed by atoms with Crippen LogP contribution >= 0.6 is 0 Å². The van der Waals surface area contributed by atoms with Crippen LogP contribution in [0.2, 0.25) is 0 Å². The Morgan fingerprint density at radius 3 is 2.63 bits per heavy atom. The predicted molar refractivity (Wildman–Crippen MR) is 72.8 cm³/mol. The SMILES string of the molecule is COc1ccccc1-c1cc(N)n(C)c(=O)c1C#N. The molecule has 0 bridgehead atoms. The Kier molecular flexibility index (Phi) is 3.25. The van der Waals surface area contributed by atoms with Crippen molar-refractivity contribution in [2.45, 2.75) is 0 Å². The van der Waals surface area contributed by atoms with Gasteiger partial charge >= 0.3 is 0 Å². The number of para-hydroxylation sites is 1. The van der Waals surface area contributed by atoms with E-state index in [0.717, 1.165) is 0 Å². The van der Waals surface area contributed by atoms with Gasteiger partial charge in [0.25, 0.3) is 5.56 Å². The molecule has 0 aliphatic rings. The minimum atomic E-state index is -0.414. The predicted octanol–water partition coefficient (Wildman–Crippen LogP) is 1.51. The van der Waals surface area contributed by atoms with Gasteiger partial charge in [0.15, 0.2) is 0 Å². The molecule has 0 atom stereocenters. The quantitative estimate of drug-likeness (QED) is 0.882. The van der Waals surface area contributed by atoms with Gasteiger partial charge in [0.1, 0.15) is 23.2 Å². The molecule has 1 heterocycles. The molecule has 0 saturated carbocycles. The van der Waals surface area contributed by atoms with Crippen molar-refractivity contribution in [2.24, 2.45) is 7.05 Å². The average molecular weight is 255 g/mol. The van der Waals surface area contributed by atoms with E-state index >= 15 is 0 Å². The fourth-order valence-electron chi connectivity index (χ4n) is 1.90. The molecule has 5 heteroatoms. The largest absolute Gasteiger partial charge is 0.496 e. The van der Waals surface area contributed by atoms with Gasteiger partial charge in [-0.3, -0.25) is 9.36 Å². The fraction of sp³-hybridized carbons (Fsp3) is 0.143. The maximum absolute atomic E-state index is 12.0. The van der Waals surface area contributed by atoms with Crippen LogP contribution < -0.4 is 16.0 Å². The molecule has 1 aromatic carbocycles. The molecular formula is C14H13N3O2. The van der Waals surface area contributed by atoms with Crippen molar-refractivity contribution >= 4 is 5.82 Å². The summed E-state index contributed by atoms with van der Waals surface area (Å²) < 4.78 is 6.50. The average Bonchev–Trinajstić information content (AvgIpc) is 2.44. The van der Waals surface area contributed by atoms with E-state index in [-0.39, 0.29) is 5.56 Å². The van der Waals surface area contributed by atoms with Gasteiger partial charge in [-0.1, -0.05) is 18.2 Å². The van der Waals surface area contributed by atoms with Crippen LogP contribution in [0.4, 0.5) is 5.82 Å². The summed E-state index contributed by atoms with van der Waals surface area (Å²) in [5, 5.41) is 9.19. The van der Waals surface area contributed by atoms with Crippen LogP contribution in [0.1, 0.15) is 5.56 Å². The van der Waals surface area contributed by atoms with Crippen molar-refractivity contribution in [1.82, 2.24) is 4.57 Å². The molecule has 1 aromatic heterocycles. The molecule has 0 saturated heterocycles. The van der Waals surface area contributed by atoms with Crippen LogP contribution in [-0.2, 0) is 7.05 Å². The van der Waals surface area contributed by atoms with Crippen LogP contribution in [0.5, 0.6) is 5.75 Å². The molecule has 2 rings (SSSR count). The maximum Gasteiger partial charge on any atom is 0.270 e. The van der Waals surface area contributed by atoms with Crippen LogP contribution in [0.3, 0.4) is 0 Å². The number of pyridine rings is 1. The van der Waals surface area contributed by atoms with Gasteiger partial charge in [0.05, 0.1) is 7.11 Å². The van der Waals surface area contributed by atoms with Crippen molar-refractivity contribution in [3.63, 3.8) is 0 Å². The number of nitrogens with zero attached hydrogens (tertiary/aromatic N) is 2. The molecule has 0 amide bonds. The molecule has 19 heavy (non-hydrogen) atoms. The molecule has 0 aliphatic heterocycles. The molecule has 0 radical (unpaired) electrons. The first-order valence-electron chi connectivity index (χ1n) is 5.63. The molecule has 2 N–H and O–H groups in total. The Morgan fingerprint density at radius 2 is 2.00 bits per heavy atom. The zero-order valence-electron chi connectivity index (χ0n) is 10.7. The summed E-state index contributed by atoms with van der Waals surface area (Å²) in [4.78, 5) is 12.0. The first-order chi connectivity index (χ1) is 9.10. The fourth-order valence-corrected chi connectivity index (χ4v) is 1.90. The van der Waals surface area contributed by atoms with Gasteiger partial charge in [-0.25, -0.2) is 0 Å². The van der Waals surface area contributed by atoms with Crippen LogP contribution in [0.15, 0.2) is 35.1 Å². The standard InChI is InChI=1S/C14H13N3O2/c1-17-13(16)7-10(11(8-15)14(17)18)9-5-3-4-6-12(9)19-2/h3-7H,16H2,1-2H3. The Hall–Kier alpha value is -2.74. The summed E-state index contributed by atoms with van der Waals surface area (Å²) >= 11 is 0. The van der Waals surface area contributed by atoms with E-state index in [1.165, 1.54) is 18.7 Å². The number of methoxy groups -OCH3 is 1. The number of aromatic nitrogens is 1. The molecule has 0 spiro atoms. The summed E-state index contributed by atoms with van der Waals surface area (Å²) in [7, 11) is 3.07. The van der Waals surface area contributed by atoms with Crippen LogP contribution in [-0.4, -0.2) is 11.7 Å². The van der Waals surface area contributed by atoms with E-state index in [9.17, 15) is 10.1 Å². The minimum Gasteiger partial charge on any atom is -0.496 e.